The first-order valence-corrected chi connectivity index (χ1v) is 6.65. The van der Waals surface area contributed by atoms with Crippen molar-refractivity contribution in [1.82, 2.24) is 0 Å². The predicted octanol–water partition coefficient (Wildman–Crippen LogP) is 2.35. The van der Waals surface area contributed by atoms with Gasteiger partial charge in [0.25, 0.3) is 0 Å². The van der Waals surface area contributed by atoms with Crippen molar-refractivity contribution < 1.29 is 34.8 Å². The highest BCUT2D eigenvalue weighted by atomic mass is 16.6. The van der Waals surface area contributed by atoms with Crippen molar-refractivity contribution in [3.05, 3.63) is 61.7 Å². The summed E-state index contributed by atoms with van der Waals surface area (Å²) in [6.07, 6.45) is 0. The summed E-state index contributed by atoms with van der Waals surface area (Å²) in [7, 11) is 0. The van der Waals surface area contributed by atoms with Crippen LogP contribution in [0.15, 0.2) is 30.3 Å². The molecule has 0 spiro atoms. The Morgan fingerprint density at radius 2 is 1.46 bits per heavy atom. The molecule has 2 aromatic carbocycles. The van der Waals surface area contributed by atoms with Crippen LogP contribution in [0.25, 0.3) is 0 Å². The van der Waals surface area contributed by atoms with E-state index in [9.17, 15) is 34.9 Å². The maximum Gasteiger partial charge on any atom is 0.339 e. The highest BCUT2D eigenvalue weighted by Crippen LogP contribution is 2.38. The average Bonchev–Trinajstić information content (AvgIpc) is 2.55. The van der Waals surface area contributed by atoms with E-state index in [1.54, 1.807) is 0 Å². The number of phenols is 1. The Morgan fingerprint density at radius 3 is 1.88 bits per heavy atom. The standard InChI is InChI=1S/C14H9N3O9/c18-11-2-1-7(5-8(11)14(21)22)15-12-9(16(23)24)3-6(13(19)20)4-10(12)17(25)26/h1-5,15,18H,(H,19,20)(H,21,22). The Morgan fingerprint density at radius 1 is 0.923 bits per heavy atom. The van der Waals surface area contributed by atoms with Gasteiger partial charge in [-0.3, -0.25) is 20.2 Å². The molecule has 0 fully saturated rings. The zero-order valence-corrected chi connectivity index (χ0v) is 12.6. The number of carbonyl (C=O) groups is 2. The molecule has 0 atom stereocenters. The molecule has 0 saturated heterocycles. The molecule has 0 aliphatic carbocycles. The van der Waals surface area contributed by atoms with Gasteiger partial charge in [-0.15, -0.1) is 0 Å². The summed E-state index contributed by atoms with van der Waals surface area (Å²) >= 11 is 0. The van der Waals surface area contributed by atoms with Gasteiger partial charge in [-0.05, 0) is 18.2 Å². The van der Waals surface area contributed by atoms with Crippen molar-refractivity contribution in [2.75, 3.05) is 5.32 Å². The van der Waals surface area contributed by atoms with E-state index in [-0.39, 0.29) is 5.69 Å². The SMILES string of the molecule is O=C(O)c1cc([N+](=O)[O-])c(Nc2ccc(O)c(C(=O)O)c2)c([N+](=O)[O-])c1. The third-order valence-corrected chi connectivity index (χ3v) is 3.23. The van der Waals surface area contributed by atoms with Crippen molar-refractivity contribution in [2.45, 2.75) is 0 Å². The minimum absolute atomic E-state index is 0.102. The largest absolute Gasteiger partial charge is 0.507 e. The monoisotopic (exact) mass is 363 g/mol. The number of aromatic carboxylic acids is 2. The first kappa shape index (κ1) is 18.1. The number of nitro groups is 2. The fourth-order valence-corrected chi connectivity index (χ4v) is 2.08. The lowest BCUT2D eigenvalue weighted by molar-refractivity contribution is -0.392. The summed E-state index contributed by atoms with van der Waals surface area (Å²) in [5.74, 6) is -3.66. The molecule has 12 heteroatoms. The van der Waals surface area contributed by atoms with Gasteiger partial charge in [0.1, 0.15) is 11.3 Å². The fourth-order valence-electron chi connectivity index (χ4n) is 2.08. The molecule has 0 aliphatic heterocycles. The minimum atomic E-state index is -1.60. The molecule has 0 unspecified atom stereocenters. The number of nitrogens with one attached hydrogen (secondary N) is 1. The quantitative estimate of drug-likeness (QED) is 0.336. The van der Waals surface area contributed by atoms with Gasteiger partial charge in [-0.2, -0.15) is 0 Å². The highest BCUT2D eigenvalue weighted by molar-refractivity contribution is 5.95. The number of anilines is 2. The molecule has 4 N–H and O–H groups in total. The van der Waals surface area contributed by atoms with Crippen molar-refractivity contribution in [1.29, 1.82) is 0 Å². The molecule has 26 heavy (non-hydrogen) atoms. The number of nitrogens with zero attached hydrogens (tertiary/aromatic N) is 2. The second kappa shape index (κ2) is 6.72. The highest BCUT2D eigenvalue weighted by Gasteiger charge is 2.29. The fraction of sp³-hybridized carbons (Fsp3) is 0. The molecular weight excluding hydrogens is 354 g/mol. The van der Waals surface area contributed by atoms with E-state index in [0.29, 0.717) is 12.1 Å². The molecule has 0 aromatic heterocycles. The van der Waals surface area contributed by atoms with E-state index in [4.69, 9.17) is 10.2 Å². The average molecular weight is 363 g/mol. The van der Waals surface area contributed by atoms with E-state index >= 15 is 0 Å². The van der Waals surface area contributed by atoms with Crippen LogP contribution in [0.1, 0.15) is 20.7 Å². The second-order valence-electron chi connectivity index (χ2n) is 4.87. The molecular formula is C14H9N3O9. The van der Waals surface area contributed by atoms with Gasteiger partial charge < -0.3 is 20.6 Å². The summed E-state index contributed by atoms with van der Waals surface area (Å²) in [5.41, 5.74) is -3.71. The van der Waals surface area contributed by atoms with Crippen LogP contribution in [0.3, 0.4) is 0 Å². The van der Waals surface area contributed by atoms with Crippen LogP contribution in [0.2, 0.25) is 0 Å². The van der Waals surface area contributed by atoms with E-state index in [1.807, 2.05) is 0 Å². The van der Waals surface area contributed by atoms with Crippen LogP contribution in [-0.2, 0) is 0 Å². The van der Waals surface area contributed by atoms with Crippen LogP contribution >= 0.6 is 0 Å². The minimum Gasteiger partial charge on any atom is -0.507 e. The summed E-state index contributed by atoms with van der Waals surface area (Å²) in [6, 6.07) is 4.30. The van der Waals surface area contributed by atoms with Crippen molar-refractivity contribution in [3.8, 4) is 5.75 Å². The number of carboxylic acids is 2. The summed E-state index contributed by atoms with van der Waals surface area (Å²) in [4.78, 5) is 42.4. The number of nitro benzene ring substituents is 2. The summed E-state index contributed by atoms with van der Waals surface area (Å²) in [6.45, 7) is 0. The van der Waals surface area contributed by atoms with Crippen molar-refractivity contribution >= 4 is 34.7 Å². The van der Waals surface area contributed by atoms with E-state index in [0.717, 1.165) is 18.2 Å². The Bertz CT molecular complexity index is 920. The molecule has 2 aromatic rings. The smallest absolute Gasteiger partial charge is 0.339 e. The molecule has 2 rings (SSSR count). The Hall–Kier alpha value is -4.22. The zero-order valence-electron chi connectivity index (χ0n) is 12.6. The topological polar surface area (TPSA) is 193 Å². The zero-order chi connectivity index (χ0) is 19.6. The van der Waals surface area contributed by atoms with E-state index in [2.05, 4.69) is 5.32 Å². The van der Waals surface area contributed by atoms with E-state index in [1.165, 1.54) is 0 Å². The van der Waals surface area contributed by atoms with Gasteiger partial charge >= 0.3 is 23.3 Å². The summed E-state index contributed by atoms with van der Waals surface area (Å²) in [5, 5.41) is 52.1. The number of benzene rings is 2. The van der Waals surface area contributed by atoms with Gasteiger partial charge in [-0.1, -0.05) is 0 Å². The molecule has 0 aliphatic rings. The van der Waals surface area contributed by atoms with Crippen LogP contribution in [0.4, 0.5) is 22.7 Å². The third kappa shape index (κ3) is 3.48. The molecule has 0 heterocycles. The van der Waals surface area contributed by atoms with Crippen molar-refractivity contribution in [2.24, 2.45) is 0 Å². The summed E-state index contributed by atoms with van der Waals surface area (Å²) < 4.78 is 0. The molecule has 0 saturated carbocycles. The molecule has 0 amide bonds. The lowest BCUT2D eigenvalue weighted by Gasteiger charge is -2.10. The number of aromatic hydroxyl groups is 1. The number of hydrogen-bond acceptors (Lipinski definition) is 8. The van der Waals surface area contributed by atoms with Gasteiger partial charge in [0.15, 0.2) is 5.69 Å². The van der Waals surface area contributed by atoms with Gasteiger partial charge in [-0.25, -0.2) is 9.59 Å². The van der Waals surface area contributed by atoms with Crippen LogP contribution in [0, 0.1) is 20.2 Å². The van der Waals surface area contributed by atoms with Crippen LogP contribution in [-0.4, -0.2) is 37.1 Å². The van der Waals surface area contributed by atoms with Gasteiger partial charge in [0.2, 0.25) is 0 Å². The van der Waals surface area contributed by atoms with Crippen molar-refractivity contribution in [3.63, 3.8) is 0 Å². The van der Waals surface area contributed by atoms with E-state index < -0.39 is 55.7 Å². The normalized spacial score (nSPS) is 10.2. The second-order valence-corrected chi connectivity index (χ2v) is 4.87. The predicted molar refractivity (Wildman–Crippen MR) is 85.1 cm³/mol. The Labute approximate surface area is 143 Å². The third-order valence-electron chi connectivity index (χ3n) is 3.23. The lowest BCUT2D eigenvalue weighted by atomic mass is 10.1. The van der Waals surface area contributed by atoms with Gasteiger partial charge in [0, 0.05) is 17.8 Å². The molecule has 0 radical (unpaired) electrons. The maximum absolute atomic E-state index is 11.2. The first-order chi connectivity index (χ1) is 12.1. The number of rotatable bonds is 6. The first-order valence-electron chi connectivity index (χ1n) is 6.65. The Kier molecular flexibility index (Phi) is 4.68. The molecule has 134 valence electrons. The molecule has 0 bridgehead atoms. The van der Waals surface area contributed by atoms with Crippen LogP contribution in [0.5, 0.6) is 5.75 Å². The number of hydrogen-bond donors (Lipinski definition) is 4. The number of carboxylic acid groups (broad SMARTS) is 2. The Balaban J connectivity index is 2.67. The van der Waals surface area contributed by atoms with Crippen LogP contribution < -0.4 is 5.32 Å². The molecule has 12 nitrogen and oxygen atoms in total. The lowest BCUT2D eigenvalue weighted by Crippen LogP contribution is -2.06. The maximum atomic E-state index is 11.2. The van der Waals surface area contributed by atoms with Gasteiger partial charge in [0.05, 0.1) is 15.4 Å².